The highest BCUT2D eigenvalue weighted by Gasteiger charge is 2.27. The zero-order valence-electron chi connectivity index (χ0n) is 34.3. The van der Waals surface area contributed by atoms with Crippen LogP contribution in [0.3, 0.4) is 0 Å². The van der Waals surface area contributed by atoms with Crippen LogP contribution in [0.4, 0.5) is 4.39 Å². The summed E-state index contributed by atoms with van der Waals surface area (Å²) in [6.45, 7) is 17.3. The van der Waals surface area contributed by atoms with Crippen molar-refractivity contribution in [1.82, 2.24) is 0 Å². The van der Waals surface area contributed by atoms with Crippen LogP contribution < -0.4 is 4.74 Å². The Morgan fingerprint density at radius 1 is 0.768 bits per heavy atom. The molecule has 3 aromatic rings. The fourth-order valence-electron chi connectivity index (χ4n) is 7.49. The zero-order chi connectivity index (χ0) is 40.8. The third kappa shape index (κ3) is 11.9. The van der Waals surface area contributed by atoms with E-state index in [2.05, 4.69) is 57.3 Å². The highest BCUT2D eigenvalue weighted by atomic mass is 19.1. The van der Waals surface area contributed by atoms with Crippen molar-refractivity contribution in [2.75, 3.05) is 33.0 Å². The molecular weight excluding hydrogens is 708 g/mol. The van der Waals surface area contributed by atoms with E-state index in [0.717, 1.165) is 64.1 Å². The molecule has 1 fully saturated rings. The minimum absolute atomic E-state index is 0.159. The number of esters is 2. The van der Waals surface area contributed by atoms with Gasteiger partial charge in [-0.3, -0.25) is 0 Å². The van der Waals surface area contributed by atoms with Gasteiger partial charge in [0.25, 0.3) is 0 Å². The van der Waals surface area contributed by atoms with Gasteiger partial charge in [-0.1, -0.05) is 77.1 Å². The molecule has 0 heterocycles. The highest BCUT2D eigenvalue weighted by Crippen LogP contribution is 2.39. The van der Waals surface area contributed by atoms with Crippen LogP contribution in [0.25, 0.3) is 22.3 Å². The lowest BCUT2D eigenvalue weighted by molar-refractivity contribution is -0.139. The molecule has 8 heteroatoms. The van der Waals surface area contributed by atoms with Gasteiger partial charge in [0.2, 0.25) is 0 Å². The van der Waals surface area contributed by atoms with Crippen molar-refractivity contribution in [1.29, 1.82) is 0 Å². The van der Waals surface area contributed by atoms with Gasteiger partial charge < -0.3 is 24.4 Å². The first-order valence-electron chi connectivity index (χ1n) is 20.4. The molecule has 0 unspecified atom stereocenters. The summed E-state index contributed by atoms with van der Waals surface area (Å²) in [4.78, 5) is 24.3. The Balaban J connectivity index is 1.72. The van der Waals surface area contributed by atoms with Gasteiger partial charge in [0.15, 0.2) is 0 Å². The number of hydrogen-bond acceptors (Lipinski definition) is 7. The minimum atomic E-state index is -0.667. The Labute approximate surface area is 334 Å². The first kappa shape index (κ1) is 44.4. The molecule has 0 spiro atoms. The van der Waals surface area contributed by atoms with Gasteiger partial charge >= 0.3 is 11.9 Å². The third-order valence-corrected chi connectivity index (χ3v) is 11.5. The predicted molar refractivity (Wildman–Crippen MR) is 222 cm³/mol. The van der Waals surface area contributed by atoms with Crippen LogP contribution in [0.1, 0.15) is 114 Å². The van der Waals surface area contributed by atoms with Gasteiger partial charge in [0, 0.05) is 22.1 Å². The summed E-state index contributed by atoms with van der Waals surface area (Å²) in [5.41, 5.74) is 7.42. The molecule has 0 atom stereocenters. The second-order valence-electron chi connectivity index (χ2n) is 15.9. The van der Waals surface area contributed by atoms with E-state index in [9.17, 15) is 19.8 Å². The van der Waals surface area contributed by atoms with E-state index < -0.39 is 17.4 Å². The number of carbonyl (C=O) groups excluding carboxylic acids is 2. The number of halogens is 1. The van der Waals surface area contributed by atoms with Gasteiger partial charge in [0.05, 0.1) is 33.0 Å². The van der Waals surface area contributed by atoms with E-state index in [0.29, 0.717) is 66.9 Å². The summed E-state index contributed by atoms with van der Waals surface area (Å²) in [5, 5.41) is 20.2. The number of aryl methyl sites for hydroxylation is 3. The molecule has 7 nitrogen and oxygen atoms in total. The van der Waals surface area contributed by atoms with Crippen molar-refractivity contribution in [2.45, 2.75) is 111 Å². The van der Waals surface area contributed by atoms with E-state index >= 15 is 4.39 Å². The first-order chi connectivity index (χ1) is 26.8. The molecule has 0 bridgehead atoms. The summed E-state index contributed by atoms with van der Waals surface area (Å²) in [7, 11) is 0. The molecule has 0 aromatic heterocycles. The molecule has 4 rings (SSSR count). The quantitative estimate of drug-likeness (QED) is 0.0632. The summed E-state index contributed by atoms with van der Waals surface area (Å²) in [6.07, 6.45) is 8.50. The van der Waals surface area contributed by atoms with Crippen LogP contribution in [0, 0.1) is 17.2 Å². The molecular formula is C48H63FO7. The molecule has 0 aliphatic heterocycles. The average molecular weight is 771 g/mol. The van der Waals surface area contributed by atoms with Crippen LogP contribution in [-0.4, -0.2) is 55.2 Å². The lowest BCUT2D eigenvalue weighted by Crippen LogP contribution is -2.31. The zero-order valence-corrected chi connectivity index (χ0v) is 34.3. The summed E-state index contributed by atoms with van der Waals surface area (Å²) in [5.74, 6) is 0.763. The summed E-state index contributed by atoms with van der Waals surface area (Å²) < 4.78 is 33.2. The van der Waals surface area contributed by atoms with E-state index in [1.54, 1.807) is 19.9 Å². The number of benzene rings is 3. The third-order valence-electron chi connectivity index (χ3n) is 11.5. The number of ether oxygens (including phenoxy) is 3. The van der Waals surface area contributed by atoms with Crippen LogP contribution >= 0.6 is 0 Å². The normalized spacial score (nSPS) is 15.6. The number of aliphatic hydroxyl groups excluding tert-OH is 2. The monoisotopic (exact) mass is 770 g/mol. The Morgan fingerprint density at radius 2 is 1.32 bits per heavy atom. The van der Waals surface area contributed by atoms with Crippen LogP contribution in [-0.2, 0) is 38.3 Å². The van der Waals surface area contributed by atoms with Gasteiger partial charge in [-0.2, -0.15) is 0 Å². The SMILES string of the molecule is C=C(C)C(=O)OCCCc1cc(-c2ccc(-c3ccc(C4CCC(C)CC4)cc3F)cc2CC)cc(CCCOC(=O)C(=C)C)c1OCCC(CC)(CO)CO. The lowest BCUT2D eigenvalue weighted by atomic mass is 9.79. The van der Waals surface area contributed by atoms with Crippen molar-refractivity contribution >= 4 is 11.9 Å². The Morgan fingerprint density at radius 3 is 1.82 bits per heavy atom. The standard InChI is InChI=1S/C48H63FO7/c1-8-35-26-38(43-21-18-37(29-44(43)49)36-16-14-34(7)15-17-36)19-20-42(35)41-27-39(12-10-23-55-46(52)32(3)4)45(54-25-22-48(9-2,30-50)31-51)40(28-41)13-11-24-56-47(53)33(5)6/h18-21,26-29,34,36,50-51H,3,5,8-17,22-25,30-31H2,1-2,4,6-7H3. The fourth-order valence-corrected chi connectivity index (χ4v) is 7.49. The molecule has 0 saturated heterocycles. The van der Waals surface area contributed by atoms with Gasteiger partial charge in [-0.15, -0.1) is 0 Å². The molecule has 56 heavy (non-hydrogen) atoms. The second-order valence-corrected chi connectivity index (χ2v) is 15.9. The van der Waals surface area contributed by atoms with E-state index in [-0.39, 0.29) is 38.9 Å². The maximum absolute atomic E-state index is 15.8. The topological polar surface area (TPSA) is 102 Å². The van der Waals surface area contributed by atoms with Crippen LogP contribution in [0.15, 0.2) is 72.8 Å². The van der Waals surface area contributed by atoms with E-state index in [4.69, 9.17) is 14.2 Å². The molecule has 1 saturated carbocycles. The second kappa shape index (κ2) is 21.3. The largest absolute Gasteiger partial charge is 0.493 e. The van der Waals surface area contributed by atoms with Crippen molar-refractivity contribution < 1.29 is 38.4 Å². The number of rotatable bonds is 21. The molecule has 1 aliphatic carbocycles. The highest BCUT2D eigenvalue weighted by molar-refractivity contribution is 5.87. The molecule has 2 N–H and O–H groups in total. The predicted octanol–water partition coefficient (Wildman–Crippen LogP) is 10.3. The maximum atomic E-state index is 15.8. The molecule has 0 radical (unpaired) electrons. The Bertz CT molecular complexity index is 1750. The molecule has 0 amide bonds. The molecule has 3 aromatic carbocycles. The first-order valence-corrected chi connectivity index (χ1v) is 20.4. The van der Waals surface area contributed by atoms with E-state index in [1.165, 1.54) is 12.8 Å². The Hall–Kier alpha value is -4.27. The van der Waals surface area contributed by atoms with Crippen LogP contribution in [0.5, 0.6) is 5.75 Å². The van der Waals surface area contributed by atoms with Gasteiger partial charge in [-0.05, 0) is 141 Å². The number of hydrogen-bond donors (Lipinski definition) is 2. The average Bonchev–Trinajstić information content (AvgIpc) is 3.20. The van der Waals surface area contributed by atoms with Crippen molar-refractivity contribution in [3.8, 4) is 28.0 Å². The summed E-state index contributed by atoms with van der Waals surface area (Å²) in [6, 6.07) is 16.1. The summed E-state index contributed by atoms with van der Waals surface area (Å²) >= 11 is 0. The molecule has 304 valence electrons. The maximum Gasteiger partial charge on any atom is 0.333 e. The van der Waals surface area contributed by atoms with Crippen molar-refractivity contribution in [3.05, 3.63) is 101 Å². The van der Waals surface area contributed by atoms with E-state index in [1.807, 2.05) is 19.1 Å². The smallest absolute Gasteiger partial charge is 0.333 e. The number of carbonyl (C=O) groups is 2. The van der Waals surface area contributed by atoms with Gasteiger partial charge in [-0.25, -0.2) is 14.0 Å². The van der Waals surface area contributed by atoms with Crippen molar-refractivity contribution in [3.63, 3.8) is 0 Å². The van der Waals surface area contributed by atoms with Crippen LogP contribution in [0.2, 0.25) is 0 Å². The number of aliphatic hydroxyl groups is 2. The van der Waals surface area contributed by atoms with Gasteiger partial charge in [0.1, 0.15) is 11.6 Å². The van der Waals surface area contributed by atoms with Crippen molar-refractivity contribution in [2.24, 2.45) is 11.3 Å². The molecule has 1 aliphatic rings. The minimum Gasteiger partial charge on any atom is -0.493 e. The Kier molecular flexibility index (Phi) is 16.9. The fraction of sp³-hybridized carbons (Fsp3) is 0.500. The lowest BCUT2D eigenvalue weighted by Gasteiger charge is -2.28.